The van der Waals surface area contributed by atoms with Crippen molar-refractivity contribution >= 4 is 18.1 Å². The van der Waals surface area contributed by atoms with Gasteiger partial charge in [-0.3, -0.25) is 4.79 Å². The second-order valence-electron chi connectivity index (χ2n) is 5.34. The Kier molecular flexibility index (Phi) is 5.24. The van der Waals surface area contributed by atoms with Gasteiger partial charge in [0.05, 0.1) is 18.9 Å². The Morgan fingerprint density at radius 3 is 2.38 bits per heavy atom. The number of esters is 1. The summed E-state index contributed by atoms with van der Waals surface area (Å²) in [5.41, 5.74) is 4.24. The summed E-state index contributed by atoms with van der Waals surface area (Å²) in [7, 11) is 1.34. The fourth-order valence-electron chi connectivity index (χ4n) is 2.27. The number of nitrogens with one attached hydrogen (secondary N) is 1. The van der Waals surface area contributed by atoms with Crippen LogP contribution in [0.15, 0.2) is 76.2 Å². The van der Waals surface area contributed by atoms with Crippen LogP contribution in [-0.4, -0.2) is 25.2 Å². The molecular formula is C20H16N2O4. The molecule has 0 aliphatic rings. The summed E-state index contributed by atoms with van der Waals surface area (Å²) in [5, 5.41) is 3.89. The van der Waals surface area contributed by atoms with Crippen LogP contribution in [-0.2, 0) is 4.74 Å². The number of furan rings is 1. The zero-order valence-corrected chi connectivity index (χ0v) is 14.0. The van der Waals surface area contributed by atoms with E-state index in [2.05, 4.69) is 15.3 Å². The van der Waals surface area contributed by atoms with Gasteiger partial charge in [0.15, 0.2) is 0 Å². The van der Waals surface area contributed by atoms with E-state index in [1.54, 1.807) is 60.7 Å². The topological polar surface area (TPSA) is 80.9 Å². The van der Waals surface area contributed by atoms with Gasteiger partial charge in [0.25, 0.3) is 5.91 Å². The molecule has 2 aromatic carbocycles. The monoisotopic (exact) mass is 348 g/mol. The molecule has 0 saturated carbocycles. The fraction of sp³-hybridized carbons (Fsp3) is 0.0500. The highest BCUT2D eigenvalue weighted by molar-refractivity contribution is 5.94. The molecule has 1 amide bonds. The Hall–Kier alpha value is -3.67. The number of hydrogen-bond acceptors (Lipinski definition) is 5. The zero-order valence-electron chi connectivity index (χ0n) is 14.0. The average Bonchev–Trinajstić information content (AvgIpc) is 3.17. The summed E-state index contributed by atoms with van der Waals surface area (Å²) in [5.74, 6) is 0.424. The van der Waals surface area contributed by atoms with Crippen LogP contribution in [0.3, 0.4) is 0 Å². The zero-order chi connectivity index (χ0) is 18.4. The van der Waals surface area contributed by atoms with Gasteiger partial charge in [-0.1, -0.05) is 30.3 Å². The number of methoxy groups -OCH3 is 1. The van der Waals surface area contributed by atoms with Crippen LogP contribution in [0.4, 0.5) is 0 Å². The Morgan fingerprint density at radius 1 is 0.962 bits per heavy atom. The third-order valence-electron chi connectivity index (χ3n) is 3.61. The van der Waals surface area contributed by atoms with Crippen LogP contribution in [0.2, 0.25) is 0 Å². The maximum Gasteiger partial charge on any atom is 0.337 e. The molecule has 0 spiro atoms. The summed E-state index contributed by atoms with van der Waals surface area (Å²) in [4.78, 5) is 23.3. The van der Waals surface area contributed by atoms with Crippen molar-refractivity contribution in [2.24, 2.45) is 5.10 Å². The molecule has 6 nitrogen and oxygen atoms in total. The van der Waals surface area contributed by atoms with Gasteiger partial charge < -0.3 is 9.15 Å². The highest BCUT2D eigenvalue weighted by Gasteiger charge is 2.08. The first-order valence-corrected chi connectivity index (χ1v) is 7.84. The predicted molar refractivity (Wildman–Crippen MR) is 97.0 cm³/mol. The van der Waals surface area contributed by atoms with E-state index in [-0.39, 0.29) is 5.91 Å². The van der Waals surface area contributed by atoms with Crippen molar-refractivity contribution in [2.75, 3.05) is 7.11 Å². The molecule has 0 aliphatic heterocycles. The fourth-order valence-corrected chi connectivity index (χ4v) is 2.27. The number of hydrogen-bond donors (Lipinski definition) is 1. The Labute approximate surface area is 150 Å². The van der Waals surface area contributed by atoms with Gasteiger partial charge in [0.1, 0.15) is 11.5 Å². The molecule has 0 aliphatic carbocycles. The molecule has 0 atom stereocenters. The average molecular weight is 348 g/mol. The molecule has 0 unspecified atom stereocenters. The van der Waals surface area contributed by atoms with Gasteiger partial charge in [-0.25, -0.2) is 10.2 Å². The molecule has 0 bridgehead atoms. The highest BCUT2D eigenvalue weighted by Crippen LogP contribution is 2.22. The maximum absolute atomic E-state index is 11.9. The van der Waals surface area contributed by atoms with Crippen molar-refractivity contribution in [3.05, 3.63) is 83.6 Å². The normalized spacial score (nSPS) is 10.7. The van der Waals surface area contributed by atoms with Gasteiger partial charge in [-0.15, -0.1) is 0 Å². The lowest BCUT2D eigenvalue weighted by atomic mass is 10.1. The second-order valence-corrected chi connectivity index (χ2v) is 5.34. The standard InChI is InChI=1S/C20H16N2O4/c1-25-20(24)16-9-7-14(8-10-16)18-12-11-17(26-18)13-21-22-19(23)15-5-3-2-4-6-15/h2-13H,1H3,(H,22,23)/b21-13+. The van der Waals surface area contributed by atoms with Crippen molar-refractivity contribution < 1.29 is 18.7 Å². The van der Waals surface area contributed by atoms with Crippen LogP contribution in [0, 0.1) is 0 Å². The SMILES string of the molecule is COC(=O)c1ccc(-c2ccc(/C=N/NC(=O)c3ccccc3)o2)cc1. The molecule has 130 valence electrons. The van der Waals surface area contributed by atoms with Gasteiger partial charge in [-0.2, -0.15) is 5.10 Å². The van der Waals surface area contributed by atoms with E-state index in [0.717, 1.165) is 5.56 Å². The number of ether oxygens (including phenoxy) is 1. The smallest absolute Gasteiger partial charge is 0.337 e. The van der Waals surface area contributed by atoms with E-state index in [0.29, 0.717) is 22.6 Å². The lowest BCUT2D eigenvalue weighted by Crippen LogP contribution is -2.17. The van der Waals surface area contributed by atoms with E-state index >= 15 is 0 Å². The third-order valence-corrected chi connectivity index (χ3v) is 3.61. The summed E-state index contributed by atoms with van der Waals surface area (Å²) in [6.07, 6.45) is 1.42. The minimum absolute atomic E-state index is 0.299. The molecule has 0 fully saturated rings. The lowest BCUT2D eigenvalue weighted by molar-refractivity contribution is 0.0600. The van der Waals surface area contributed by atoms with Gasteiger partial charge in [0.2, 0.25) is 0 Å². The minimum Gasteiger partial charge on any atom is -0.465 e. The molecule has 3 rings (SSSR count). The predicted octanol–water partition coefficient (Wildman–Crippen LogP) is 3.50. The lowest BCUT2D eigenvalue weighted by Gasteiger charge is -2.00. The van der Waals surface area contributed by atoms with E-state index in [1.807, 2.05) is 6.07 Å². The number of amides is 1. The first kappa shape index (κ1) is 17.2. The van der Waals surface area contributed by atoms with Crippen LogP contribution in [0.25, 0.3) is 11.3 Å². The molecule has 1 aromatic heterocycles. The summed E-state index contributed by atoms with van der Waals surface area (Å²) in [6, 6.07) is 19.2. The number of carbonyl (C=O) groups excluding carboxylic acids is 2. The Bertz CT molecular complexity index is 928. The van der Waals surface area contributed by atoms with E-state index in [1.165, 1.54) is 13.3 Å². The maximum atomic E-state index is 11.9. The van der Waals surface area contributed by atoms with Gasteiger partial charge in [-0.05, 0) is 36.4 Å². The molecule has 1 heterocycles. The summed E-state index contributed by atoms with van der Waals surface area (Å²) < 4.78 is 10.3. The van der Waals surface area contributed by atoms with E-state index < -0.39 is 5.97 Å². The van der Waals surface area contributed by atoms with Crippen LogP contribution in [0.1, 0.15) is 26.5 Å². The van der Waals surface area contributed by atoms with Crippen molar-refractivity contribution in [2.45, 2.75) is 0 Å². The summed E-state index contributed by atoms with van der Waals surface area (Å²) in [6.45, 7) is 0. The van der Waals surface area contributed by atoms with Crippen molar-refractivity contribution in [1.29, 1.82) is 0 Å². The molecule has 1 N–H and O–H groups in total. The van der Waals surface area contributed by atoms with E-state index in [9.17, 15) is 9.59 Å². The van der Waals surface area contributed by atoms with Gasteiger partial charge >= 0.3 is 5.97 Å². The molecule has 3 aromatic rings. The van der Waals surface area contributed by atoms with E-state index in [4.69, 9.17) is 4.42 Å². The molecule has 0 saturated heterocycles. The largest absolute Gasteiger partial charge is 0.465 e. The van der Waals surface area contributed by atoms with Crippen LogP contribution in [0.5, 0.6) is 0 Å². The highest BCUT2D eigenvalue weighted by atomic mass is 16.5. The van der Waals surface area contributed by atoms with Gasteiger partial charge in [0, 0.05) is 11.1 Å². The summed E-state index contributed by atoms with van der Waals surface area (Å²) >= 11 is 0. The van der Waals surface area contributed by atoms with Crippen LogP contribution < -0.4 is 5.43 Å². The molecule has 0 radical (unpaired) electrons. The quantitative estimate of drug-likeness (QED) is 0.435. The number of benzene rings is 2. The van der Waals surface area contributed by atoms with Crippen LogP contribution >= 0.6 is 0 Å². The minimum atomic E-state index is -0.391. The first-order valence-electron chi connectivity index (χ1n) is 7.84. The Morgan fingerprint density at radius 2 is 1.69 bits per heavy atom. The Balaban J connectivity index is 1.64. The first-order chi connectivity index (χ1) is 12.7. The van der Waals surface area contributed by atoms with Crippen molar-refractivity contribution in [3.8, 4) is 11.3 Å². The second kappa shape index (κ2) is 7.94. The number of nitrogens with zero attached hydrogens (tertiary/aromatic N) is 1. The number of hydrazone groups is 1. The number of rotatable bonds is 5. The third kappa shape index (κ3) is 4.05. The van der Waals surface area contributed by atoms with Crippen molar-refractivity contribution in [1.82, 2.24) is 5.43 Å². The molecule has 6 heteroatoms. The molecule has 26 heavy (non-hydrogen) atoms. The number of carbonyl (C=O) groups is 2. The van der Waals surface area contributed by atoms with Crippen molar-refractivity contribution in [3.63, 3.8) is 0 Å². The molecular weight excluding hydrogens is 332 g/mol.